The molecular weight excluding hydrogens is 184 g/mol. The zero-order valence-corrected chi connectivity index (χ0v) is 8.06. The summed E-state index contributed by atoms with van der Waals surface area (Å²) in [6, 6.07) is 3.80. The molecule has 0 aliphatic carbocycles. The second-order valence-corrected chi connectivity index (χ2v) is 2.91. The summed E-state index contributed by atoms with van der Waals surface area (Å²) in [6.45, 7) is 6.14. The maximum absolute atomic E-state index is 13.3. The molecule has 0 aromatic heterocycles. The third-order valence-corrected chi connectivity index (χ3v) is 1.98. The molecular formula is C11H13F2N. The first-order chi connectivity index (χ1) is 6.70. The zero-order valence-electron chi connectivity index (χ0n) is 8.06. The molecule has 0 aliphatic rings. The van der Waals surface area contributed by atoms with E-state index < -0.39 is 11.6 Å². The van der Waals surface area contributed by atoms with Gasteiger partial charge in [0, 0.05) is 5.56 Å². The molecule has 1 unspecified atom stereocenters. The Kier molecular flexibility index (Phi) is 3.77. The molecule has 1 aromatic rings. The number of rotatable bonds is 4. The smallest absolute Gasteiger partial charge is 0.163 e. The van der Waals surface area contributed by atoms with E-state index in [2.05, 4.69) is 11.9 Å². The van der Waals surface area contributed by atoms with E-state index in [-0.39, 0.29) is 6.04 Å². The minimum Gasteiger partial charge on any atom is -0.307 e. The number of halogens is 2. The quantitative estimate of drug-likeness (QED) is 0.732. The lowest BCUT2D eigenvalue weighted by Crippen LogP contribution is -2.20. The second kappa shape index (κ2) is 4.86. The highest BCUT2D eigenvalue weighted by Crippen LogP contribution is 2.19. The lowest BCUT2D eigenvalue weighted by molar-refractivity contribution is 0.485. The van der Waals surface area contributed by atoms with Crippen molar-refractivity contribution in [2.45, 2.75) is 13.0 Å². The number of benzene rings is 1. The Morgan fingerprint density at radius 2 is 2.21 bits per heavy atom. The van der Waals surface area contributed by atoms with Crippen molar-refractivity contribution >= 4 is 0 Å². The number of hydrogen-bond acceptors (Lipinski definition) is 1. The van der Waals surface area contributed by atoms with Gasteiger partial charge in [-0.1, -0.05) is 25.1 Å². The maximum Gasteiger partial charge on any atom is 0.163 e. The third-order valence-electron chi connectivity index (χ3n) is 1.98. The molecule has 3 heteroatoms. The summed E-state index contributed by atoms with van der Waals surface area (Å²) in [4.78, 5) is 0. The van der Waals surface area contributed by atoms with Gasteiger partial charge in [-0.2, -0.15) is 0 Å². The van der Waals surface area contributed by atoms with Crippen LogP contribution < -0.4 is 5.32 Å². The van der Waals surface area contributed by atoms with Crippen molar-refractivity contribution < 1.29 is 8.78 Å². The van der Waals surface area contributed by atoms with Crippen LogP contribution >= 0.6 is 0 Å². The first-order valence-corrected chi connectivity index (χ1v) is 4.50. The Bertz CT molecular complexity index is 323. The van der Waals surface area contributed by atoms with Crippen molar-refractivity contribution in [1.29, 1.82) is 0 Å². The topological polar surface area (TPSA) is 12.0 Å². The van der Waals surface area contributed by atoms with Crippen molar-refractivity contribution in [3.63, 3.8) is 0 Å². The van der Waals surface area contributed by atoms with Crippen LogP contribution in [-0.2, 0) is 0 Å². The summed E-state index contributed by atoms with van der Waals surface area (Å²) in [7, 11) is 0. The van der Waals surface area contributed by atoms with Crippen molar-refractivity contribution in [1.82, 2.24) is 5.32 Å². The minimum atomic E-state index is -0.827. The van der Waals surface area contributed by atoms with Gasteiger partial charge in [0.1, 0.15) is 0 Å². The van der Waals surface area contributed by atoms with Crippen LogP contribution in [0.15, 0.2) is 30.9 Å². The molecule has 0 radical (unpaired) electrons. The molecule has 0 aliphatic heterocycles. The highest BCUT2D eigenvalue weighted by molar-refractivity contribution is 5.25. The van der Waals surface area contributed by atoms with Gasteiger partial charge in [-0.05, 0) is 12.6 Å². The highest BCUT2D eigenvalue weighted by atomic mass is 19.2. The molecule has 0 saturated heterocycles. The average molecular weight is 197 g/mol. The minimum absolute atomic E-state index is 0.293. The lowest BCUT2D eigenvalue weighted by Gasteiger charge is -2.14. The molecule has 1 nitrogen and oxygen atoms in total. The van der Waals surface area contributed by atoms with E-state index in [1.54, 1.807) is 12.1 Å². The van der Waals surface area contributed by atoms with E-state index in [4.69, 9.17) is 0 Å². The van der Waals surface area contributed by atoms with E-state index in [0.29, 0.717) is 12.1 Å². The first-order valence-electron chi connectivity index (χ1n) is 4.50. The summed E-state index contributed by atoms with van der Waals surface area (Å²) in [5.41, 5.74) is 0.293. The zero-order chi connectivity index (χ0) is 10.6. The van der Waals surface area contributed by atoms with Gasteiger partial charge >= 0.3 is 0 Å². The van der Waals surface area contributed by atoms with Crippen LogP contribution in [0.5, 0.6) is 0 Å². The molecule has 1 rings (SSSR count). The van der Waals surface area contributed by atoms with Crippen LogP contribution in [0.3, 0.4) is 0 Å². The SMILES string of the molecule is C=CC(NCC)c1cccc(F)c1F. The fourth-order valence-electron chi connectivity index (χ4n) is 1.30. The molecule has 1 aromatic carbocycles. The van der Waals surface area contributed by atoms with Crippen LogP contribution in [0.4, 0.5) is 8.78 Å². The Morgan fingerprint density at radius 1 is 1.50 bits per heavy atom. The molecule has 0 heterocycles. The Balaban J connectivity index is 3.03. The van der Waals surface area contributed by atoms with Crippen LogP contribution in [0.1, 0.15) is 18.5 Å². The number of likely N-dealkylation sites (N-methyl/N-ethyl adjacent to an activating group) is 1. The van der Waals surface area contributed by atoms with Gasteiger partial charge in [-0.25, -0.2) is 8.78 Å². The molecule has 1 atom stereocenters. The van der Waals surface area contributed by atoms with E-state index >= 15 is 0 Å². The van der Waals surface area contributed by atoms with Crippen molar-refractivity contribution in [2.24, 2.45) is 0 Å². The number of hydrogen-bond donors (Lipinski definition) is 1. The molecule has 1 N–H and O–H groups in total. The van der Waals surface area contributed by atoms with Gasteiger partial charge in [0.25, 0.3) is 0 Å². The molecule has 0 amide bonds. The maximum atomic E-state index is 13.3. The van der Waals surface area contributed by atoms with Crippen LogP contribution in [0.2, 0.25) is 0 Å². The second-order valence-electron chi connectivity index (χ2n) is 2.91. The first kappa shape index (κ1) is 10.9. The summed E-state index contributed by atoms with van der Waals surface area (Å²) >= 11 is 0. The number of nitrogens with one attached hydrogen (secondary N) is 1. The summed E-state index contributed by atoms with van der Waals surface area (Å²) in [6.07, 6.45) is 1.56. The normalized spacial score (nSPS) is 12.5. The van der Waals surface area contributed by atoms with E-state index in [0.717, 1.165) is 6.07 Å². The molecule has 76 valence electrons. The fourth-order valence-corrected chi connectivity index (χ4v) is 1.30. The van der Waals surface area contributed by atoms with Crippen LogP contribution in [-0.4, -0.2) is 6.54 Å². The molecule has 0 bridgehead atoms. The van der Waals surface area contributed by atoms with Crippen LogP contribution in [0, 0.1) is 11.6 Å². The van der Waals surface area contributed by atoms with E-state index in [1.807, 2.05) is 6.92 Å². The molecule has 0 saturated carbocycles. The highest BCUT2D eigenvalue weighted by Gasteiger charge is 2.13. The molecule has 14 heavy (non-hydrogen) atoms. The standard InChI is InChI=1S/C11H13F2N/c1-3-10(14-4-2)8-6-5-7-9(12)11(8)13/h3,5-7,10,14H,1,4H2,2H3. The Labute approximate surface area is 82.4 Å². The Hall–Kier alpha value is -1.22. The molecule has 0 spiro atoms. The summed E-state index contributed by atoms with van der Waals surface area (Å²) < 4.78 is 26.2. The predicted octanol–water partition coefficient (Wildman–Crippen LogP) is 2.80. The predicted molar refractivity (Wildman–Crippen MR) is 53.0 cm³/mol. The summed E-state index contributed by atoms with van der Waals surface area (Å²) in [5, 5.41) is 2.99. The lowest BCUT2D eigenvalue weighted by atomic mass is 10.1. The van der Waals surface area contributed by atoms with Gasteiger partial charge < -0.3 is 5.32 Å². The van der Waals surface area contributed by atoms with Gasteiger partial charge in [0.2, 0.25) is 0 Å². The summed E-state index contributed by atoms with van der Waals surface area (Å²) in [5.74, 6) is -1.63. The van der Waals surface area contributed by atoms with Crippen molar-refractivity contribution in [3.05, 3.63) is 48.1 Å². The van der Waals surface area contributed by atoms with Crippen molar-refractivity contribution in [3.8, 4) is 0 Å². The van der Waals surface area contributed by atoms with E-state index in [9.17, 15) is 8.78 Å². The van der Waals surface area contributed by atoms with Gasteiger partial charge in [0.05, 0.1) is 6.04 Å². The van der Waals surface area contributed by atoms with E-state index in [1.165, 1.54) is 6.07 Å². The van der Waals surface area contributed by atoms with Gasteiger partial charge in [-0.15, -0.1) is 6.58 Å². The Morgan fingerprint density at radius 3 is 2.79 bits per heavy atom. The largest absolute Gasteiger partial charge is 0.307 e. The molecule has 0 fully saturated rings. The van der Waals surface area contributed by atoms with Crippen LogP contribution in [0.25, 0.3) is 0 Å². The monoisotopic (exact) mass is 197 g/mol. The van der Waals surface area contributed by atoms with Gasteiger partial charge in [-0.3, -0.25) is 0 Å². The van der Waals surface area contributed by atoms with Crippen molar-refractivity contribution in [2.75, 3.05) is 6.54 Å². The van der Waals surface area contributed by atoms with Gasteiger partial charge in [0.15, 0.2) is 11.6 Å². The average Bonchev–Trinajstić information content (AvgIpc) is 2.19. The fraction of sp³-hybridized carbons (Fsp3) is 0.273. The third kappa shape index (κ3) is 2.17.